The fraction of sp³-hybridized carbons (Fsp3) is 0.438. The molecule has 2 rings (SSSR count). The van der Waals surface area contributed by atoms with E-state index in [-0.39, 0.29) is 6.04 Å². The Morgan fingerprint density at radius 2 is 1.84 bits per heavy atom. The summed E-state index contributed by atoms with van der Waals surface area (Å²) in [7, 11) is 0. The smallest absolute Gasteiger partial charge is 0.0674 e. The first-order valence-corrected chi connectivity index (χ1v) is 6.94. The molecule has 102 valence electrons. The van der Waals surface area contributed by atoms with Crippen molar-refractivity contribution in [1.82, 2.24) is 9.78 Å². The maximum atomic E-state index is 5.89. The molecule has 0 fully saturated rings. The van der Waals surface area contributed by atoms with Gasteiger partial charge in [-0.3, -0.25) is 4.68 Å². The number of hydrogen-bond donors (Lipinski definition) is 1. The van der Waals surface area contributed by atoms with Crippen molar-refractivity contribution in [2.45, 2.75) is 46.7 Å². The second kappa shape index (κ2) is 5.57. The number of rotatable bonds is 4. The second-order valence-electron chi connectivity index (χ2n) is 5.18. The molecule has 1 atom stereocenters. The van der Waals surface area contributed by atoms with Gasteiger partial charge in [0.25, 0.3) is 0 Å². The van der Waals surface area contributed by atoms with E-state index in [2.05, 4.69) is 54.8 Å². The fourth-order valence-electron chi connectivity index (χ4n) is 2.50. The summed E-state index contributed by atoms with van der Waals surface area (Å²) in [6.07, 6.45) is 1.10. The van der Waals surface area contributed by atoms with Crippen molar-refractivity contribution >= 4 is 0 Å². The van der Waals surface area contributed by atoms with Crippen LogP contribution >= 0.6 is 0 Å². The zero-order valence-electron chi connectivity index (χ0n) is 12.3. The summed E-state index contributed by atoms with van der Waals surface area (Å²) < 4.78 is 2.10. The number of aromatic nitrogens is 2. The lowest BCUT2D eigenvalue weighted by Gasteiger charge is -2.08. The normalized spacial score (nSPS) is 12.7. The Morgan fingerprint density at radius 1 is 1.21 bits per heavy atom. The number of nitrogens with two attached hydrogens (primary N) is 1. The quantitative estimate of drug-likeness (QED) is 0.909. The summed E-state index contributed by atoms with van der Waals surface area (Å²) in [5.41, 5.74) is 11.9. The largest absolute Gasteiger partial charge is 0.324 e. The third kappa shape index (κ3) is 2.71. The zero-order valence-corrected chi connectivity index (χ0v) is 12.3. The lowest BCUT2D eigenvalue weighted by atomic mass is 10.0. The number of benzene rings is 1. The second-order valence-corrected chi connectivity index (χ2v) is 5.18. The molecule has 2 aromatic rings. The molecule has 1 unspecified atom stereocenters. The van der Waals surface area contributed by atoms with Gasteiger partial charge in [-0.25, -0.2) is 0 Å². The molecule has 0 aliphatic heterocycles. The summed E-state index contributed by atoms with van der Waals surface area (Å²) in [6, 6.07) is 8.59. The van der Waals surface area contributed by atoms with Gasteiger partial charge < -0.3 is 5.73 Å². The van der Waals surface area contributed by atoms with Crippen molar-refractivity contribution in [3.05, 3.63) is 41.2 Å². The van der Waals surface area contributed by atoms with Crippen LogP contribution in [-0.4, -0.2) is 9.78 Å². The van der Waals surface area contributed by atoms with Gasteiger partial charge >= 0.3 is 0 Å². The molecule has 0 radical (unpaired) electrons. The monoisotopic (exact) mass is 257 g/mol. The van der Waals surface area contributed by atoms with E-state index in [9.17, 15) is 0 Å². The van der Waals surface area contributed by atoms with Crippen molar-refractivity contribution in [3.63, 3.8) is 0 Å². The highest BCUT2D eigenvalue weighted by atomic mass is 15.3. The molecule has 1 aromatic carbocycles. The summed E-state index contributed by atoms with van der Waals surface area (Å²) in [5.74, 6) is 0. The Labute approximate surface area is 115 Å². The van der Waals surface area contributed by atoms with Crippen LogP contribution < -0.4 is 5.73 Å². The van der Waals surface area contributed by atoms with Crippen LogP contribution in [0.3, 0.4) is 0 Å². The highest BCUT2D eigenvalue weighted by molar-refractivity contribution is 5.68. The molecule has 0 amide bonds. The minimum Gasteiger partial charge on any atom is -0.324 e. The Kier molecular flexibility index (Phi) is 4.05. The van der Waals surface area contributed by atoms with E-state index in [4.69, 9.17) is 5.73 Å². The van der Waals surface area contributed by atoms with Crippen LogP contribution in [0.5, 0.6) is 0 Å². The standard InChI is InChI=1S/C16H23N3/c1-5-10-19-13(4)16(12(3)18-19)15-8-6-14(7-9-15)11(2)17/h6-9,11H,5,10,17H2,1-4H3. The van der Waals surface area contributed by atoms with Gasteiger partial charge in [0, 0.05) is 23.8 Å². The van der Waals surface area contributed by atoms with E-state index in [0.29, 0.717) is 0 Å². The first kappa shape index (κ1) is 13.8. The van der Waals surface area contributed by atoms with Crippen LogP contribution in [0, 0.1) is 13.8 Å². The SMILES string of the molecule is CCCn1nc(C)c(-c2ccc(C(C)N)cc2)c1C. The lowest BCUT2D eigenvalue weighted by Crippen LogP contribution is -2.04. The summed E-state index contributed by atoms with van der Waals surface area (Å²) in [5, 5.41) is 4.63. The van der Waals surface area contributed by atoms with Gasteiger partial charge in [-0.05, 0) is 38.3 Å². The maximum Gasteiger partial charge on any atom is 0.0674 e. The first-order chi connectivity index (χ1) is 9.04. The van der Waals surface area contributed by atoms with Gasteiger partial charge in [0.2, 0.25) is 0 Å². The zero-order chi connectivity index (χ0) is 14.0. The van der Waals surface area contributed by atoms with Crippen molar-refractivity contribution in [3.8, 4) is 11.1 Å². The van der Waals surface area contributed by atoms with Crippen molar-refractivity contribution in [2.75, 3.05) is 0 Å². The van der Waals surface area contributed by atoms with E-state index >= 15 is 0 Å². The van der Waals surface area contributed by atoms with Crippen LogP contribution in [0.25, 0.3) is 11.1 Å². The molecule has 0 aliphatic carbocycles. The molecule has 19 heavy (non-hydrogen) atoms. The molecule has 3 nitrogen and oxygen atoms in total. The van der Waals surface area contributed by atoms with Gasteiger partial charge in [0.1, 0.15) is 0 Å². The Bertz CT molecular complexity index is 550. The van der Waals surface area contributed by atoms with Gasteiger partial charge in [0.05, 0.1) is 5.69 Å². The van der Waals surface area contributed by atoms with Gasteiger partial charge in [-0.15, -0.1) is 0 Å². The van der Waals surface area contributed by atoms with Gasteiger partial charge in [-0.1, -0.05) is 31.2 Å². The van der Waals surface area contributed by atoms with Gasteiger partial charge in [-0.2, -0.15) is 5.10 Å². The number of nitrogens with zero attached hydrogens (tertiary/aromatic N) is 2. The predicted octanol–water partition coefficient (Wildman–Crippen LogP) is 3.60. The Morgan fingerprint density at radius 3 is 2.37 bits per heavy atom. The van der Waals surface area contributed by atoms with Crippen LogP contribution in [0.4, 0.5) is 0 Å². The van der Waals surface area contributed by atoms with Crippen LogP contribution in [-0.2, 0) is 6.54 Å². The molecule has 0 aliphatic rings. The molecule has 0 saturated carbocycles. The van der Waals surface area contributed by atoms with E-state index < -0.39 is 0 Å². The van der Waals surface area contributed by atoms with E-state index in [0.717, 1.165) is 18.7 Å². The molecular weight excluding hydrogens is 234 g/mol. The minimum atomic E-state index is 0.0825. The first-order valence-electron chi connectivity index (χ1n) is 6.94. The maximum absolute atomic E-state index is 5.89. The van der Waals surface area contributed by atoms with Crippen molar-refractivity contribution < 1.29 is 0 Å². The molecular formula is C16H23N3. The van der Waals surface area contributed by atoms with Crippen molar-refractivity contribution in [1.29, 1.82) is 0 Å². The highest BCUT2D eigenvalue weighted by Crippen LogP contribution is 2.28. The molecule has 1 heterocycles. The van der Waals surface area contributed by atoms with E-state index in [1.807, 2.05) is 6.92 Å². The molecule has 0 spiro atoms. The lowest BCUT2D eigenvalue weighted by molar-refractivity contribution is 0.583. The van der Waals surface area contributed by atoms with E-state index in [1.54, 1.807) is 0 Å². The highest BCUT2D eigenvalue weighted by Gasteiger charge is 2.13. The molecule has 2 N–H and O–H groups in total. The third-order valence-corrected chi connectivity index (χ3v) is 3.54. The average molecular weight is 257 g/mol. The summed E-state index contributed by atoms with van der Waals surface area (Å²) in [6.45, 7) is 9.38. The average Bonchev–Trinajstić information content (AvgIpc) is 2.65. The third-order valence-electron chi connectivity index (χ3n) is 3.54. The summed E-state index contributed by atoms with van der Waals surface area (Å²) >= 11 is 0. The number of hydrogen-bond acceptors (Lipinski definition) is 2. The van der Waals surface area contributed by atoms with Gasteiger partial charge in [0.15, 0.2) is 0 Å². The number of aryl methyl sites for hydroxylation is 2. The van der Waals surface area contributed by atoms with Crippen LogP contribution in [0.2, 0.25) is 0 Å². The predicted molar refractivity (Wildman–Crippen MR) is 80.0 cm³/mol. The minimum absolute atomic E-state index is 0.0825. The Balaban J connectivity index is 2.41. The van der Waals surface area contributed by atoms with Crippen molar-refractivity contribution in [2.24, 2.45) is 5.73 Å². The molecule has 1 aromatic heterocycles. The summed E-state index contributed by atoms with van der Waals surface area (Å²) in [4.78, 5) is 0. The fourth-order valence-corrected chi connectivity index (χ4v) is 2.50. The topological polar surface area (TPSA) is 43.8 Å². The Hall–Kier alpha value is -1.61. The van der Waals surface area contributed by atoms with E-state index in [1.165, 1.54) is 22.4 Å². The van der Waals surface area contributed by atoms with Crippen LogP contribution in [0.15, 0.2) is 24.3 Å². The molecule has 0 bridgehead atoms. The van der Waals surface area contributed by atoms with Crippen LogP contribution in [0.1, 0.15) is 43.3 Å². The molecule has 0 saturated heterocycles. The molecule has 3 heteroatoms.